The van der Waals surface area contributed by atoms with Crippen LogP contribution < -0.4 is 9.80 Å². The molecule has 0 aliphatic carbocycles. The van der Waals surface area contributed by atoms with Crippen molar-refractivity contribution >= 4 is 80.7 Å². The molecule has 13 aromatic rings. The monoisotopic (exact) mass is 1160 g/mol. The summed E-state index contributed by atoms with van der Waals surface area (Å²) in [6, 6.07) is 122. The first-order chi connectivity index (χ1) is 44.4. The number of phenols is 2. The molecule has 4 nitrogen and oxygen atoms in total. The molecule has 0 radical (unpaired) electrons. The second-order valence-corrected chi connectivity index (χ2v) is 22.1. The molecule has 0 saturated heterocycles. The second kappa shape index (κ2) is 27.2. The van der Waals surface area contributed by atoms with E-state index in [1.807, 2.05) is 24.3 Å². The summed E-state index contributed by atoms with van der Waals surface area (Å²) in [5.41, 5.74) is 23.7. The zero-order valence-corrected chi connectivity index (χ0v) is 49.6. The van der Waals surface area contributed by atoms with E-state index in [-0.39, 0.29) is 11.5 Å². The van der Waals surface area contributed by atoms with Crippen molar-refractivity contribution in [2.45, 2.75) is 0 Å². The van der Waals surface area contributed by atoms with E-state index in [0.717, 1.165) is 123 Å². The third kappa shape index (κ3) is 13.5. The van der Waals surface area contributed by atoms with Crippen LogP contribution in [0.25, 0.3) is 46.6 Å². The van der Waals surface area contributed by atoms with Crippen LogP contribution in [0.2, 0.25) is 0 Å². The Labute approximate surface area is 527 Å². The molecule has 2 N–H and O–H groups in total. The molecule has 0 saturated carbocycles. The summed E-state index contributed by atoms with van der Waals surface area (Å²) in [5, 5.41) is 20.7. The largest absolute Gasteiger partial charge is 0.508 e. The molecule has 0 heterocycles. The molecule has 430 valence electrons. The third-order valence-electron chi connectivity index (χ3n) is 16.1. The average Bonchev–Trinajstić information content (AvgIpc) is 2.32. The molecular weight excluding hydrogens is 1090 g/mol. The van der Waals surface area contributed by atoms with Gasteiger partial charge in [0, 0.05) is 34.1 Å². The minimum absolute atomic E-state index is 0.216. The molecule has 0 amide bonds. The van der Waals surface area contributed by atoms with E-state index in [9.17, 15) is 10.2 Å². The quantitative estimate of drug-likeness (QED) is 0.0841. The van der Waals surface area contributed by atoms with Gasteiger partial charge in [0.15, 0.2) is 0 Å². The maximum atomic E-state index is 10.4. The van der Waals surface area contributed by atoms with Gasteiger partial charge in [0.05, 0.1) is 0 Å². The van der Waals surface area contributed by atoms with E-state index < -0.39 is 0 Å². The van der Waals surface area contributed by atoms with Gasteiger partial charge in [0.2, 0.25) is 0 Å². The standard InChI is InChI=1S/C86H64N2O2/c89-81-55-51-79(52-56-81)87(75-43-31-63(32-44-75)59-83(67-19-7-1-8-20-67)68-21-9-2-10-22-68)77-47-35-65(36-48-77)61-85(71-27-15-5-16-28-71)73-39-41-74(42-40-73)86(72-29-17-6-18-30-72)62-66-37-49-78(50-38-66)88(80-53-57-82(90)58-54-80)76-45-33-64(34-46-76)60-84(69-23-11-3-12-24-69)70-25-13-4-14-26-70/h1-62,89-90H. The minimum Gasteiger partial charge on any atom is -0.508 e. The normalized spacial score (nSPS) is 11.3. The fourth-order valence-electron chi connectivity index (χ4n) is 11.5. The summed E-state index contributed by atoms with van der Waals surface area (Å²) in [4.78, 5) is 4.44. The van der Waals surface area contributed by atoms with Crippen LogP contribution in [0.5, 0.6) is 11.5 Å². The SMILES string of the molecule is Oc1ccc(N(c2ccc(C=C(c3ccccc3)c3ccccc3)cc2)c2ccc(C=C(c3ccccc3)c3ccc(C(=Cc4ccc(N(c5ccc(O)cc5)c5ccc(C=C(c6ccccc6)c6ccccc6)cc5)cc4)c4ccccc4)cc3)cc2)cc1. The highest BCUT2D eigenvalue weighted by molar-refractivity contribution is 5.96. The van der Waals surface area contributed by atoms with Crippen LogP contribution in [0.1, 0.15) is 66.8 Å². The summed E-state index contributed by atoms with van der Waals surface area (Å²) in [7, 11) is 0. The molecule has 90 heavy (non-hydrogen) atoms. The molecule has 0 bridgehead atoms. The molecule has 0 spiro atoms. The number of rotatable bonds is 18. The van der Waals surface area contributed by atoms with Gasteiger partial charge in [-0.25, -0.2) is 0 Å². The minimum atomic E-state index is 0.216. The van der Waals surface area contributed by atoms with Gasteiger partial charge in [0.1, 0.15) is 11.5 Å². The average molecular weight is 1160 g/mol. The molecule has 0 aliphatic heterocycles. The van der Waals surface area contributed by atoms with Gasteiger partial charge < -0.3 is 20.0 Å². The van der Waals surface area contributed by atoms with E-state index in [4.69, 9.17) is 0 Å². The summed E-state index contributed by atoms with van der Waals surface area (Å²) in [5.74, 6) is 0.433. The topological polar surface area (TPSA) is 46.9 Å². The third-order valence-corrected chi connectivity index (χ3v) is 16.1. The predicted molar refractivity (Wildman–Crippen MR) is 379 cm³/mol. The van der Waals surface area contributed by atoms with Crippen LogP contribution in [-0.2, 0) is 0 Å². The smallest absolute Gasteiger partial charge is 0.115 e. The lowest BCUT2D eigenvalue weighted by molar-refractivity contribution is 0.475. The van der Waals surface area contributed by atoms with Crippen molar-refractivity contribution in [2.24, 2.45) is 0 Å². The highest BCUT2D eigenvalue weighted by Gasteiger charge is 2.17. The first-order valence-corrected chi connectivity index (χ1v) is 30.3. The van der Waals surface area contributed by atoms with E-state index in [2.05, 4.69) is 337 Å². The van der Waals surface area contributed by atoms with E-state index in [0.29, 0.717) is 0 Å². The van der Waals surface area contributed by atoms with Gasteiger partial charge >= 0.3 is 0 Å². The maximum absolute atomic E-state index is 10.4. The van der Waals surface area contributed by atoms with Gasteiger partial charge in [-0.05, 0) is 210 Å². The van der Waals surface area contributed by atoms with Crippen molar-refractivity contribution in [1.29, 1.82) is 0 Å². The lowest BCUT2D eigenvalue weighted by atomic mass is 9.91. The molecule has 13 rings (SSSR count). The lowest BCUT2D eigenvalue weighted by Crippen LogP contribution is -2.09. The van der Waals surface area contributed by atoms with Crippen LogP contribution in [0, 0.1) is 0 Å². The number of aromatic hydroxyl groups is 2. The summed E-state index contributed by atoms with van der Waals surface area (Å²) in [6.07, 6.45) is 9.04. The van der Waals surface area contributed by atoms with Crippen molar-refractivity contribution in [3.05, 3.63) is 419 Å². The summed E-state index contributed by atoms with van der Waals surface area (Å²) < 4.78 is 0. The molecule has 0 unspecified atom stereocenters. The Morgan fingerprint density at radius 2 is 0.333 bits per heavy atom. The van der Waals surface area contributed by atoms with Crippen molar-refractivity contribution < 1.29 is 10.2 Å². The molecule has 0 aromatic heterocycles. The van der Waals surface area contributed by atoms with Gasteiger partial charge in [-0.2, -0.15) is 0 Å². The fourth-order valence-corrected chi connectivity index (χ4v) is 11.5. The van der Waals surface area contributed by atoms with E-state index in [1.165, 1.54) is 0 Å². The molecule has 0 aliphatic rings. The Kier molecular flexibility index (Phi) is 17.2. The van der Waals surface area contributed by atoms with Crippen LogP contribution in [-0.4, -0.2) is 10.2 Å². The van der Waals surface area contributed by atoms with Crippen molar-refractivity contribution in [3.8, 4) is 11.5 Å². The van der Waals surface area contributed by atoms with Crippen LogP contribution in [0.15, 0.2) is 352 Å². The van der Waals surface area contributed by atoms with Crippen LogP contribution >= 0.6 is 0 Å². The molecule has 0 fully saturated rings. The highest BCUT2D eigenvalue weighted by atomic mass is 16.3. The zero-order valence-electron chi connectivity index (χ0n) is 49.6. The van der Waals surface area contributed by atoms with E-state index >= 15 is 0 Å². The number of nitrogens with zero attached hydrogens (tertiary/aromatic N) is 2. The van der Waals surface area contributed by atoms with Gasteiger partial charge in [-0.3, -0.25) is 0 Å². The van der Waals surface area contributed by atoms with Crippen molar-refractivity contribution in [2.75, 3.05) is 9.80 Å². The second-order valence-electron chi connectivity index (χ2n) is 22.1. The van der Waals surface area contributed by atoms with Crippen LogP contribution in [0.4, 0.5) is 34.1 Å². The number of hydrogen-bond acceptors (Lipinski definition) is 4. The van der Waals surface area contributed by atoms with Crippen molar-refractivity contribution in [1.82, 2.24) is 0 Å². The highest BCUT2D eigenvalue weighted by Crippen LogP contribution is 2.40. The first kappa shape index (κ1) is 57.1. The Hall–Kier alpha value is -12.0. The van der Waals surface area contributed by atoms with E-state index in [1.54, 1.807) is 24.3 Å². The zero-order chi connectivity index (χ0) is 60.9. The number of phenolic OH excluding ortho intramolecular Hbond substituents is 2. The molecule has 4 heteroatoms. The Balaban J connectivity index is 0.792. The summed E-state index contributed by atoms with van der Waals surface area (Å²) >= 11 is 0. The fraction of sp³-hybridized carbons (Fsp3) is 0. The summed E-state index contributed by atoms with van der Waals surface area (Å²) in [6.45, 7) is 0. The van der Waals surface area contributed by atoms with Gasteiger partial charge in [0.25, 0.3) is 0 Å². The maximum Gasteiger partial charge on any atom is 0.115 e. The molecule has 0 atom stereocenters. The van der Waals surface area contributed by atoms with Crippen LogP contribution in [0.3, 0.4) is 0 Å². The number of anilines is 6. The molecule has 13 aromatic carbocycles. The Bertz CT molecular complexity index is 4200. The molecular formula is C86H64N2O2. The Morgan fingerprint density at radius 3 is 0.511 bits per heavy atom. The number of benzene rings is 13. The van der Waals surface area contributed by atoms with Crippen molar-refractivity contribution in [3.63, 3.8) is 0 Å². The number of hydrogen-bond donors (Lipinski definition) is 2. The first-order valence-electron chi connectivity index (χ1n) is 30.3. The predicted octanol–water partition coefficient (Wildman–Crippen LogP) is 22.4. The van der Waals surface area contributed by atoms with Gasteiger partial charge in [-0.15, -0.1) is 0 Å². The van der Waals surface area contributed by atoms with Gasteiger partial charge in [-0.1, -0.05) is 255 Å². The Morgan fingerprint density at radius 1 is 0.178 bits per heavy atom. The lowest BCUT2D eigenvalue weighted by Gasteiger charge is -2.26.